The summed E-state index contributed by atoms with van der Waals surface area (Å²) in [6, 6.07) is 16.1. The van der Waals surface area contributed by atoms with Gasteiger partial charge in [-0.2, -0.15) is 0 Å². The minimum Gasteiger partial charge on any atom is -0.383 e. The molecule has 106 valence electrons. The number of nitrogens with zero attached hydrogens (tertiary/aromatic N) is 2. The summed E-state index contributed by atoms with van der Waals surface area (Å²) < 4.78 is 0. The Labute approximate surface area is 128 Å². The third-order valence-corrected chi connectivity index (χ3v) is 4.23. The highest BCUT2D eigenvalue weighted by atomic mass is 15.0. The maximum absolute atomic E-state index is 6.15. The molecule has 3 nitrogen and oxygen atoms in total. The van der Waals surface area contributed by atoms with Gasteiger partial charge in [0.15, 0.2) is 0 Å². The van der Waals surface area contributed by atoms with E-state index in [4.69, 9.17) is 10.7 Å². The number of rotatable bonds is 1. The lowest BCUT2D eigenvalue weighted by atomic mass is 9.77. The standard InChI is InChI=1S/C19H15N3/c1-19(12-6-8-13-7-2-4-10-15(13)19)18-21-16-11-5-3-9-14(16)17(20)22-18/h2-5,7-12H,1H3,(H2,20,21,22). The molecule has 1 heterocycles. The third kappa shape index (κ3) is 1.77. The number of hydrogen-bond donors (Lipinski definition) is 1. The van der Waals surface area contributed by atoms with Crippen LogP contribution in [-0.4, -0.2) is 9.97 Å². The number of fused-ring (bicyclic) bond motifs is 2. The molecule has 22 heavy (non-hydrogen) atoms. The van der Waals surface area contributed by atoms with Crippen molar-refractivity contribution in [3.8, 4) is 0 Å². The van der Waals surface area contributed by atoms with Gasteiger partial charge in [0.25, 0.3) is 0 Å². The zero-order valence-electron chi connectivity index (χ0n) is 12.2. The van der Waals surface area contributed by atoms with E-state index in [1.165, 1.54) is 5.56 Å². The number of aromatic nitrogens is 2. The largest absolute Gasteiger partial charge is 0.383 e. The molecule has 4 rings (SSSR count). The molecule has 1 aromatic heterocycles. The van der Waals surface area contributed by atoms with Gasteiger partial charge in [-0.15, -0.1) is 5.73 Å². The van der Waals surface area contributed by atoms with Crippen LogP contribution in [0.4, 0.5) is 5.82 Å². The summed E-state index contributed by atoms with van der Waals surface area (Å²) in [6.07, 6.45) is 4.00. The second-order valence-corrected chi connectivity index (χ2v) is 5.69. The SMILES string of the molecule is CC1(c2nc(N)c3ccccc3n2)C=C=Cc2ccccc21. The summed E-state index contributed by atoms with van der Waals surface area (Å²) in [4.78, 5) is 9.33. The summed E-state index contributed by atoms with van der Waals surface area (Å²) in [5.41, 5.74) is 12.1. The smallest absolute Gasteiger partial charge is 0.146 e. The second-order valence-electron chi connectivity index (χ2n) is 5.69. The molecule has 0 bridgehead atoms. The molecular weight excluding hydrogens is 270 g/mol. The molecule has 3 aromatic rings. The van der Waals surface area contributed by atoms with Crippen LogP contribution in [0.25, 0.3) is 17.0 Å². The van der Waals surface area contributed by atoms with Gasteiger partial charge in [-0.25, -0.2) is 9.97 Å². The topological polar surface area (TPSA) is 51.8 Å². The number of nitrogens with two attached hydrogens (primary N) is 1. The van der Waals surface area contributed by atoms with Gasteiger partial charge in [0, 0.05) is 5.39 Å². The molecule has 2 aromatic carbocycles. The zero-order valence-corrected chi connectivity index (χ0v) is 12.2. The normalized spacial score (nSPS) is 19.3. The maximum atomic E-state index is 6.15. The molecule has 0 saturated carbocycles. The van der Waals surface area contributed by atoms with Crippen molar-refractivity contribution < 1.29 is 0 Å². The second kappa shape index (κ2) is 4.55. The zero-order chi connectivity index (χ0) is 15.2. The summed E-state index contributed by atoms with van der Waals surface area (Å²) in [5.74, 6) is 1.22. The number of para-hydroxylation sites is 1. The highest BCUT2D eigenvalue weighted by molar-refractivity contribution is 5.88. The minimum atomic E-state index is -0.427. The van der Waals surface area contributed by atoms with Crippen molar-refractivity contribution in [1.29, 1.82) is 0 Å². The van der Waals surface area contributed by atoms with Crippen molar-refractivity contribution in [2.24, 2.45) is 0 Å². The van der Waals surface area contributed by atoms with Crippen LogP contribution in [0.1, 0.15) is 23.9 Å². The van der Waals surface area contributed by atoms with Crippen LogP contribution in [0.3, 0.4) is 0 Å². The molecule has 1 aliphatic carbocycles. The van der Waals surface area contributed by atoms with Crippen LogP contribution in [0.5, 0.6) is 0 Å². The summed E-state index contributed by atoms with van der Waals surface area (Å²) in [5, 5.41) is 0.887. The lowest BCUT2D eigenvalue weighted by molar-refractivity contribution is 0.663. The van der Waals surface area contributed by atoms with Crippen molar-refractivity contribution in [2.75, 3.05) is 5.73 Å². The Balaban J connectivity index is 2.01. The predicted molar refractivity (Wildman–Crippen MR) is 89.4 cm³/mol. The van der Waals surface area contributed by atoms with E-state index in [0.29, 0.717) is 11.6 Å². The molecule has 0 fully saturated rings. The van der Waals surface area contributed by atoms with Crippen LogP contribution in [0, 0.1) is 0 Å². The van der Waals surface area contributed by atoms with E-state index in [0.717, 1.165) is 16.5 Å². The van der Waals surface area contributed by atoms with Crippen LogP contribution in [-0.2, 0) is 5.41 Å². The van der Waals surface area contributed by atoms with Crippen LogP contribution in [0.2, 0.25) is 0 Å². The molecule has 2 N–H and O–H groups in total. The van der Waals surface area contributed by atoms with E-state index in [1.54, 1.807) is 0 Å². The van der Waals surface area contributed by atoms with E-state index in [9.17, 15) is 0 Å². The van der Waals surface area contributed by atoms with E-state index >= 15 is 0 Å². The van der Waals surface area contributed by atoms with Crippen LogP contribution in [0.15, 0.2) is 60.3 Å². The highest BCUT2D eigenvalue weighted by Crippen LogP contribution is 2.37. The fourth-order valence-electron chi connectivity index (χ4n) is 2.99. The van der Waals surface area contributed by atoms with Gasteiger partial charge in [0.1, 0.15) is 11.6 Å². The summed E-state index contributed by atoms with van der Waals surface area (Å²) >= 11 is 0. The molecule has 1 unspecified atom stereocenters. The van der Waals surface area contributed by atoms with Crippen LogP contribution >= 0.6 is 0 Å². The fourth-order valence-corrected chi connectivity index (χ4v) is 2.99. The maximum Gasteiger partial charge on any atom is 0.146 e. The molecule has 1 atom stereocenters. The van der Waals surface area contributed by atoms with Crippen molar-refractivity contribution >= 4 is 22.8 Å². The number of anilines is 1. The molecule has 0 amide bonds. The van der Waals surface area contributed by atoms with Crippen LogP contribution < -0.4 is 5.73 Å². The van der Waals surface area contributed by atoms with Gasteiger partial charge in [-0.3, -0.25) is 0 Å². The van der Waals surface area contributed by atoms with Gasteiger partial charge in [-0.1, -0.05) is 36.4 Å². The predicted octanol–water partition coefficient (Wildman–Crippen LogP) is 3.70. The lowest BCUT2D eigenvalue weighted by Gasteiger charge is -2.28. The first-order valence-corrected chi connectivity index (χ1v) is 7.24. The minimum absolute atomic E-state index is 0.427. The Kier molecular flexibility index (Phi) is 2.65. The van der Waals surface area contributed by atoms with Gasteiger partial charge < -0.3 is 5.73 Å². The Morgan fingerprint density at radius 3 is 2.68 bits per heavy atom. The van der Waals surface area contributed by atoms with Gasteiger partial charge in [0.05, 0.1) is 10.9 Å². The molecule has 0 saturated heterocycles. The number of benzene rings is 2. The van der Waals surface area contributed by atoms with E-state index in [1.807, 2.05) is 48.6 Å². The number of allylic oxidation sites excluding steroid dienone is 1. The molecule has 1 aliphatic rings. The quantitative estimate of drug-likeness (QED) is 0.694. The van der Waals surface area contributed by atoms with Gasteiger partial charge in [0.2, 0.25) is 0 Å². The van der Waals surface area contributed by atoms with E-state index in [-0.39, 0.29) is 0 Å². The monoisotopic (exact) mass is 285 g/mol. The average molecular weight is 285 g/mol. The Morgan fingerprint density at radius 2 is 1.77 bits per heavy atom. The molecular formula is C19H15N3. The first kappa shape index (κ1) is 12.8. The van der Waals surface area contributed by atoms with E-state index < -0.39 is 5.41 Å². The Bertz CT molecular complexity index is 952. The number of hydrogen-bond acceptors (Lipinski definition) is 3. The Morgan fingerprint density at radius 1 is 1.00 bits per heavy atom. The van der Waals surface area contributed by atoms with Crippen molar-refractivity contribution in [1.82, 2.24) is 9.97 Å². The molecule has 0 aliphatic heterocycles. The average Bonchev–Trinajstić information content (AvgIpc) is 2.55. The fraction of sp³-hybridized carbons (Fsp3) is 0.105. The number of nitrogen functional groups attached to an aromatic ring is 1. The van der Waals surface area contributed by atoms with E-state index in [2.05, 4.69) is 29.8 Å². The first-order chi connectivity index (χ1) is 10.7. The molecule has 0 spiro atoms. The van der Waals surface area contributed by atoms with Gasteiger partial charge >= 0.3 is 0 Å². The summed E-state index contributed by atoms with van der Waals surface area (Å²) in [6.45, 7) is 2.11. The highest BCUT2D eigenvalue weighted by Gasteiger charge is 2.33. The Hall–Kier alpha value is -2.90. The third-order valence-electron chi connectivity index (χ3n) is 4.23. The van der Waals surface area contributed by atoms with Crippen molar-refractivity contribution in [2.45, 2.75) is 12.3 Å². The lowest BCUT2D eigenvalue weighted by Crippen LogP contribution is -2.26. The van der Waals surface area contributed by atoms with Crippen molar-refractivity contribution in [3.05, 3.63) is 77.3 Å². The van der Waals surface area contributed by atoms with Gasteiger partial charge in [-0.05, 0) is 42.3 Å². The summed E-state index contributed by atoms with van der Waals surface area (Å²) in [7, 11) is 0. The molecule has 3 heteroatoms. The first-order valence-electron chi connectivity index (χ1n) is 7.24. The molecule has 0 radical (unpaired) electrons. The van der Waals surface area contributed by atoms with Crippen molar-refractivity contribution in [3.63, 3.8) is 0 Å².